The molecule has 5 heteroatoms. The number of ether oxygens (including phenoxy) is 1. The second-order valence-electron chi connectivity index (χ2n) is 8.25. The van der Waals surface area contributed by atoms with E-state index in [0.29, 0.717) is 37.8 Å². The summed E-state index contributed by atoms with van der Waals surface area (Å²) >= 11 is 0. The molecule has 2 unspecified atom stereocenters. The highest BCUT2D eigenvalue weighted by Crippen LogP contribution is 2.33. The van der Waals surface area contributed by atoms with Crippen LogP contribution in [0.3, 0.4) is 0 Å². The van der Waals surface area contributed by atoms with Crippen molar-refractivity contribution >= 4 is 11.8 Å². The first kappa shape index (κ1) is 18.2. The van der Waals surface area contributed by atoms with Crippen LogP contribution >= 0.6 is 0 Å². The third-order valence-electron chi connectivity index (χ3n) is 5.05. The van der Waals surface area contributed by atoms with Crippen LogP contribution in [0.4, 0.5) is 0 Å². The standard InChI is InChI=1S/C18H32N2O3/c1-18(2,3)12-17(22)20-8-5-14-11-16(21)19(9-10-23-4)7-6-15(14)13-20/h14-15H,5-13H2,1-4H3. The molecule has 0 aromatic rings. The maximum atomic E-state index is 12.5. The van der Waals surface area contributed by atoms with Crippen LogP contribution in [0, 0.1) is 17.3 Å². The zero-order valence-corrected chi connectivity index (χ0v) is 15.1. The molecule has 2 rings (SSSR count). The monoisotopic (exact) mass is 324 g/mol. The Morgan fingerprint density at radius 1 is 1.22 bits per heavy atom. The van der Waals surface area contributed by atoms with E-state index in [1.807, 2.05) is 9.80 Å². The van der Waals surface area contributed by atoms with E-state index in [0.717, 1.165) is 32.5 Å². The lowest BCUT2D eigenvalue weighted by Crippen LogP contribution is -2.44. The Hall–Kier alpha value is -1.10. The summed E-state index contributed by atoms with van der Waals surface area (Å²) in [5.41, 5.74) is 0.0320. The van der Waals surface area contributed by atoms with Crippen LogP contribution in [-0.4, -0.2) is 61.5 Å². The first-order valence-corrected chi connectivity index (χ1v) is 8.84. The van der Waals surface area contributed by atoms with E-state index < -0.39 is 0 Å². The molecule has 5 nitrogen and oxygen atoms in total. The van der Waals surface area contributed by atoms with Crippen molar-refractivity contribution in [3.05, 3.63) is 0 Å². The van der Waals surface area contributed by atoms with Crippen molar-refractivity contribution in [1.29, 1.82) is 0 Å². The number of carbonyl (C=O) groups is 2. The van der Waals surface area contributed by atoms with Crippen molar-refractivity contribution in [2.24, 2.45) is 17.3 Å². The summed E-state index contributed by atoms with van der Waals surface area (Å²) in [4.78, 5) is 28.8. The normalized spacial score (nSPS) is 26.0. The highest BCUT2D eigenvalue weighted by molar-refractivity contribution is 5.78. The molecule has 0 saturated carbocycles. The highest BCUT2D eigenvalue weighted by Gasteiger charge is 2.36. The number of hydrogen-bond acceptors (Lipinski definition) is 3. The van der Waals surface area contributed by atoms with Gasteiger partial charge in [-0.3, -0.25) is 9.59 Å². The van der Waals surface area contributed by atoms with E-state index >= 15 is 0 Å². The molecule has 132 valence electrons. The van der Waals surface area contributed by atoms with Gasteiger partial charge < -0.3 is 14.5 Å². The van der Waals surface area contributed by atoms with Crippen LogP contribution in [0.1, 0.15) is 46.5 Å². The van der Waals surface area contributed by atoms with E-state index in [1.165, 1.54) is 0 Å². The summed E-state index contributed by atoms with van der Waals surface area (Å²) in [5, 5.41) is 0. The van der Waals surface area contributed by atoms with Gasteiger partial charge in [-0.1, -0.05) is 20.8 Å². The first-order chi connectivity index (χ1) is 10.8. The quantitative estimate of drug-likeness (QED) is 0.796. The number of rotatable bonds is 4. The van der Waals surface area contributed by atoms with Gasteiger partial charge in [0.25, 0.3) is 0 Å². The van der Waals surface area contributed by atoms with E-state index in [4.69, 9.17) is 4.74 Å². The molecular formula is C18H32N2O3. The molecule has 0 aliphatic carbocycles. The second-order valence-corrected chi connectivity index (χ2v) is 8.25. The maximum absolute atomic E-state index is 12.5. The summed E-state index contributed by atoms with van der Waals surface area (Å²) in [5.74, 6) is 1.42. The van der Waals surface area contributed by atoms with Crippen LogP contribution in [0.2, 0.25) is 0 Å². The van der Waals surface area contributed by atoms with E-state index in [2.05, 4.69) is 20.8 Å². The van der Waals surface area contributed by atoms with Crippen molar-refractivity contribution in [3.8, 4) is 0 Å². The van der Waals surface area contributed by atoms with Crippen LogP contribution in [0.15, 0.2) is 0 Å². The van der Waals surface area contributed by atoms with Crippen molar-refractivity contribution < 1.29 is 14.3 Å². The molecule has 2 atom stereocenters. The third kappa shape index (κ3) is 5.20. The SMILES string of the molecule is COCCN1CCC2CN(C(=O)CC(C)(C)C)CCC2CC1=O. The minimum atomic E-state index is 0.0320. The van der Waals surface area contributed by atoms with Crippen LogP contribution in [-0.2, 0) is 14.3 Å². The number of fused-ring (bicyclic) bond motifs is 1. The van der Waals surface area contributed by atoms with Gasteiger partial charge >= 0.3 is 0 Å². The average Bonchev–Trinajstić information content (AvgIpc) is 2.61. The van der Waals surface area contributed by atoms with Crippen molar-refractivity contribution in [1.82, 2.24) is 9.80 Å². The van der Waals surface area contributed by atoms with Gasteiger partial charge in [-0.15, -0.1) is 0 Å². The molecule has 0 radical (unpaired) electrons. The van der Waals surface area contributed by atoms with Gasteiger partial charge in [0.15, 0.2) is 0 Å². The lowest BCUT2D eigenvalue weighted by molar-refractivity contribution is -0.136. The summed E-state index contributed by atoms with van der Waals surface area (Å²) in [7, 11) is 1.67. The van der Waals surface area contributed by atoms with E-state index in [-0.39, 0.29) is 17.2 Å². The molecule has 2 amide bonds. The minimum Gasteiger partial charge on any atom is -0.383 e. The lowest BCUT2D eigenvalue weighted by Gasteiger charge is -2.38. The molecule has 0 N–H and O–H groups in total. The molecule has 2 aliphatic rings. The Kier molecular flexibility index (Phi) is 6.06. The van der Waals surface area contributed by atoms with Gasteiger partial charge in [-0.05, 0) is 30.1 Å². The van der Waals surface area contributed by atoms with Gasteiger partial charge in [0, 0.05) is 46.1 Å². The fourth-order valence-electron chi connectivity index (χ4n) is 3.71. The van der Waals surface area contributed by atoms with Gasteiger partial charge in [0.1, 0.15) is 0 Å². The van der Waals surface area contributed by atoms with Gasteiger partial charge in [0.05, 0.1) is 6.61 Å². The van der Waals surface area contributed by atoms with Gasteiger partial charge in [-0.25, -0.2) is 0 Å². The predicted molar refractivity (Wildman–Crippen MR) is 89.9 cm³/mol. The molecular weight excluding hydrogens is 292 g/mol. The number of piperidine rings is 1. The van der Waals surface area contributed by atoms with Crippen LogP contribution in [0.25, 0.3) is 0 Å². The van der Waals surface area contributed by atoms with Gasteiger partial charge in [0.2, 0.25) is 11.8 Å². The number of carbonyl (C=O) groups excluding carboxylic acids is 2. The van der Waals surface area contributed by atoms with Gasteiger partial charge in [-0.2, -0.15) is 0 Å². The molecule has 2 saturated heterocycles. The average molecular weight is 324 g/mol. The minimum absolute atomic E-state index is 0.0320. The maximum Gasteiger partial charge on any atom is 0.223 e. The molecule has 0 aromatic carbocycles. The Labute approximate surface area is 140 Å². The Morgan fingerprint density at radius 3 is 2.57 bits per heavy atom. The topological polar surface area (TPSA) is 49.9 Å². The fourth-order valence-corrected chi connectivity index (χ4v) is 3.71. The second kappa shape index (κ2) is 7.65. The van der Waals surface area contributed by atoms with Crippen molar-refractivity contribution in [2.45, 2.75) is 46.5 Å². The number of methoxy groups -OCH3 is 1. The van der Waals surface area contributed by atoms with Crippen molar-refractivity contribution in [3.63, 3.8) is 0 Å². The molecule has 2 heterocycles. The van der Waals surface area contributed by atoms with Crippen molar-refractivity contribution in [2.75, 3.05) is 39.9 Å². The Balaban J connectivity index is 1.93. The predicted octanol–water partition coefficient (Wildman–Crippen LogP) is 2.16. The lowest BCUT2D eigenvalue weighted by atomic mass is 9.81. The summed E-state index contributed by atoms with van der Waals surface area (Å²) in [6.45, 7) is 10.0. The fraction of sp³-hybridized carbons (Fsp3) is 0.889. The summed E-state index contributed by atoms with van der Waals surface area (Å²) in [6.07, 6.45) is 3.20. The zero-order chi connectivity index (χ0) is 17.0. The highest BCUT2D eigenvalue weighted by atomic mass is 16.5. The molecule has 0 bridgehead atoms. The molecule has 2 fully saturated rings. The molecule has 23 heavy (non-hydrogen) atoms. The number of nitrogens with zero attached hydrogens (tertiary/aromatic N) is 2. The van der Waals surface area contributed by atoms with Crippen LogP contribution in [0.5, 0.6) is 0 Å². The Bertz CT molecular complexity index is 430. The first-order valence-electron chi connectivity index (χ1n) is 8.84. The van der Waals surface area contributed by atoms with E-state index in [9.17, 15) is 9.59 Å². The Morgan fingerprint density at radius 2 is 1.91 bits per heavy atom. The zero-order valence-electron chi connectivity index (χ0n) is 15.1. The van der Waals surface area contributed by atoms with Crippen LogP contribution < -0.4 is 0 Å². The smallest absolute Gasteiger partial charge is 0.223 e. The van der Waals surface area contributed by atoms with E-state index in [1.54, 1.807) is 7.11 Å². The number of hydrogen-bond donors (Lipinski definition) is 0. The summed E-state index contributed by atoms with van der Waals surface area (Å²) < 4.78 is 5.10. The molecule has 0 spiro atoms. The number of amides is 2. The number of likely N-dealkylation sites (tertiary alicyclic amines) is 2. The molecule has 2 aliphatic heterocycles. The molecule has 0 aromatic heterocycles. The third-order valence-corrected chi connectivity index (χ3v) is 5.05. The summed E-state index contributed by atoms with van der Waals surface area (Å²) in [6, 6.07) is 0. The largest absolute Gasteiger partial charge is 0.383 e.